The van der Waals surface area contributed by atoms with Gasteiger partial charge in [0.15, 0.2) is 24.0 Å². The zero-order chi connectivity index (χ0) is 23.7. The van der Waals surface area contributed by atoms with Crippen LogP contribution in [0.5, 0.6) is 5.75 Å². The van der Waals surface area contributed by atoms with Gasteiger partial charge in [-0.05, 0) is 78.7 Å². The maximum Gasteiger partial charge on any atom is 0.165 e. The number of rotatable bonds is 2. The van der Waals surface area contributed by atoms with Crippen molar-refractivity contribution >= 4 is 37.7 Å². The van der Waals surface area contributed by atoms with E-state index in [0.717, 1.165) is 62.6 Å². The number of hydrogen-bond donors (Lipinski definition) is 1. The molecule has 0 aliphatic carbocycles. The van der Waals surface area contributed by atoms with Crippen LogP contribution in [0.2, 0.25) is 0 Å². The van der Waals surface area contributed by atoms with Crippen LogP contribution in [0.1, 0.15) is 51.0 Å². The summed E-state index contributed by atoms with van der Waals surface area (Å²) in [4.78, 5) is 0. The Bertz CT molecular complexity index is 1200. The molecule has 2 aliphatic rings. The minimum Gasteiger partial charge on any atom is -0.504 e. The lowest BCUT2D eigenvalue weighted by Crippen LogP contribution is -2.18. The normalized spacial score (nSPS) is 20.9. The smallest absolute Gasteiger partial charge is 0.165 e. The highest BCUT2D eigenvalue weighted by Crippen LogP contribution is 2.32. The van der Waals surface area contributed by atoms with Gasteiger partial charge >= 0.3 is 0 Å². The number of phenols is 1. The molecule has 0 amide bonds. The lowest BCUT2D eigenvalue weighted by molar-refractivity contribution is -0.0367. The van der Waals surface area contributed by atoms with Crippen LogP contribution in [0.15, 0.2) is 41.1 Å². The first-order chi connectivity index (χ1) is 16.5. The fourth-order valence-electron chi connectivity index (χ4n) is 4.43. The molecule has 7 nitrogen and oxygen atoms in total. The average molecular weight is 535 g/mol. The average Bonchev–Trinajstić information content (AvgIpc) is 3.51. The Morgan fingerprint density at radius 3 is 1.88 bits per heavy atom. The zero-order valence-electron chi connectivity index (χ0n) is 18.5. The second kappa shape index (κ2) is 9.97. The molecule has 2 aromatic heterocycles. The Morgan fingerprint density at radius 1 is 0.794 bits per heavy atom. The van der Waals surface area contributed by atoms with E-state index in [2.05, 4.69) is 26.1 Å². The highest BCUT2D eigenvalue weighted by Gasteiger charge is 2.21. The summed E-state index contributed by atoms with van der Waals surface area (Å²) in [7, 11) is 0. The summed E-state index contributed by atoms with van der Waals surface area (Å²) >= 11 is 3.25. The van der Waals surface area contributed by atoms with Crippen molar-refractivity contribution in [2.24, 2.45) is 0 Å². The molecule has 2 fully saturated rings. The third-order valence-corrected chi connectivity index (χ3v) is 7.03. The number of fused-ring (bicyclic) bond motifs is 2. The molecule has 0 bridgehead atoms. The number of phenolic OH excluding ortho intramolecular Hbond substituents is 1. The molecule has 0 radical (unpaired) electrons. The van der Waals surface area contributed by atoms with Crippen LogP contribution in [0, 0.1) is 11.6 Å². The van der Waals surface area contributed by atoms with E-state index in [1.54, 1.807) is 23.0 Å². The molecule has 180 valence electrons. The van der Waals surface area contributed by atoms with E-state index < -0.39 is 5.82 Å². The second-order valence-corrected chi connectivity index (χ2v) is 9.24. The highest BCUT2D eigenvalue weighted by atomic mass is 79.9. The van der Waals surface area contributed by atoms with Crippen molar-refractivity contribution in [2.75, 3.05) is 13.2 Å². The minimum atomic E-state index is -0.624. The van der Waals surface area contributed by atoms with Gasteiger partial charge in [-0.3, -0.25) is 0 Å². The van der Waals surface area contributed by atoms with Crippen molar-refractivity contribution in [3.05, 3.63) is 52.8 Å². The van der Waals surface area contributed by atoms with Gasteiger partial charge in [-0.25, -0.2) is 18.1 Å². The molecule has 1 N–H and O–H groups in total. The Labute approximate surface area is 203 Å². The minimum absolute atomic E-state index is 0.0152. The van der Waals surface area contributed by atoms with Crippen LogP contribution in [0.25, 0.3) is 21.8 Å². The van der Waals surface area contributed by atoms with Crippen molar-refractivity contribution in [1.82, 2.24) is 19.6 Å². The van der Waals surface area contributed by atoms with Crippen LogP contribution in [0.4, 0.5) is 8.78 Å². The summed E-state index contributed by atoms with van der Waals surface area (Å²) in [5.41, 5.74) is 1.61. The summed E-state index contributed by atoms with van der Waals surface area (Å²) in [6.07, 6.45) is 9.31. The number of aromatic hydroxyl groups is 1. The van der Waals surface area contributed by atoms with E-state index in [9.17, 15) is 13.9 Å². The summed E-state index contributed by atoms with van der Waals surface area (Å²) in [6, 6.07) is 6.07. The van der Waals surface area contributed by atoms with E-state index in [-0.39, 0.29) is 24.0 Å². The number of aromatic nitrogens is 4. The topological polar surface area (TPSA) is 74.3 Å². The lowest BCUT2D eigenvalue weighted by atomic mass is 10.2. The van der Waals surface area contributed by atoms with Crippen molar-refractivity contribution in [3.63, 3.8) is 0 Å². The Balaban J connectivity index is 0.000000142. The molecule has 2 aromatic carbocycles. The predicted octanol–water partition coefficient (Wildman–Crippen LogP) is 6.22. The van der Waals surface area contributed by atoms with Crippen LogP contribution < -0.4 is 0 Å². The van der Waals surface area contributed by atoms with E-state index in [1.807, 2.05) is 4.68 Å². The monoisotopic (exact) mass is 534 g/mol. The Morgan fingerprint density at radius 2 is 1.32 bits per heavy atom. The first-order valence-corrected chi connectivity index (χ1v) is 12.2. The van der Waals surface area contributed by atoms with Crippen molar-refractivity contribution in [1.29, 1.82) is 0 Å². The molecule has 2 atom stereocenters. The molecule has 2 saturated heterocycles. The Kier molecular flexibility index (Phi) is 6.80. The van der Waals surface area contributed by atoms with Gasteiger partial charge in [0.1, 0.15) is 5.82 Å². The number of benzene rings is 2. The van der Waals surface area contributed by atoms with Gasteiger partial charge in [0, 0.05) is 18.6 Å². The van der Waals surface area contributed by atoms with Crippen LogP contribution in [-0.2, 0) is 9.47 Å². The number of ether oxygens (including phenoxy) is 2. The number of hydrogen-bond acceptors (Lipinski definition) is 5. The number of halogens is 3. The first-order valence-electron chi connectivity index (χ1n) is 11.4. The maximum atomic E-state index is 13.4. The maximum absolute atomic E-state index is 13.4. The summed E-state index contributed by atoms with van der Waals surface area (Å²) in [6.45, 7) is 1.49. The highest BCUT2D eigenvalue weighted by molar-refractivity contribution is 9.10. The molecule has 4 aromatic rings. The van der Waals surface area contributed by atoms with Gasteiger partial charge in [-0.2, -0.15) is 10.2 Å². The number of nitrogens with zero attached hydrogens (tertiary/aromatic N) is 4. The van der Waals surface area contributed by atoms with E-state index >= 15 is 0 Å². The second-order valence-electron chi connectivity index (χ2n) is 8.44. The summed E-state index contributed by atoms with van der Waals surface area (Å²) < 4.78 is 41.9. The summed E-state index contributed by atoms with van der Waals surface area (Å²) in [5.74, 6) is -1.23. The third kappa shape index (κ3) is 4.42. The van der Waals surface area contributed by atoms with Gasteiger partial charge in [0.2, 0.25) is 0 Å². The fraction of sp³-hybridized carbons (Fsp3) is 0.417. The lowest BCUT2D eigenvalue weighted by Gasteiger charge is -2.23. The van der Waals surface area contributed by atoms with Crippen molar-refractivity contribution < 1.29 is 23.4 Å². The zero-order valence-corrected chi connectivity index (χ0v) is 20.0. The largest absolute Gasteiger partial charge is 0.504 e. The molecule has 0 spiro atoms. The molecule has 0 saturated carbocycles. The first kappa shape index (κ1) is 23.2. The quantitative estimate of drug-likeness (QED) is 0.330. The van der Waals surface area contributed by atoms with Gasteiger partial charge in [0.05, 0.1) is 33.3 Å². The molecule has 10 heteroatoms. The Hall–Kier alpha value is -2.56. The molecule has 34 heavy (non-hydrogen) atoms. The molecule has 6 rings (SSSR count). The molecule has 4 heterocycles. The SMILES string of the molecule is Fc1ccc2c(cnn2C2CCCCO2)c1Br.Oc1c(F)ccc2c1cnn2C1CCCCO1. The molecule has 2 unspecified atom stereocenters. The predicted molar refractivity (Wildman–Crippen MR) is 126 cm³/mol. The van der Waals surface area contributed by atoms with Gasteiger partial charge in [-0.1, -0.05) is 0 Å². The van der Waals surface area contributed by atoms with E-state index in [0.29, 0.717) is 15.4 Å². The third-order valence-electron chi connectivity index (χ3n) is 6.23. The standard InChI is InChI=1S/C12H12BrFN2O.C12H13FN2O2/c13-12-8-7-15-16(10(8)5-4-9(12)14)11-3-1-2-6-17-11;13-9-4-5-10-8(12(9)16)7-14-15(10)11-3-1-2-6-17-11/h4-5,7,11H,1-3,6H2;4-5,7,11,16H,1-3,6H2. The van der Waals surface area contributed by atoms with E-state index in [4.69, 9.17) is 9.47 Å². The van der Waals surface area contributed by atoms with Crippen LogP contribution in [0.3, 0.4) is 0 Å². The van der Waals surface area contributed by atoms with Crippen molar-refractivity contribution in [2.45, 2.75) is 51.0 Å². The summed E-state index contributed by atoms with van der Waals surface area (Å²) in [5, 5.41) is 19.3. The molecule has 2 aliphatic heterocycles. The van der Waals surface area contributed by atoms with E-state index in [1.165, 1.54) is 18.3 Å². The van der Waals surface area contributed by atoms with Crippen molar-refractivity contribution in [3.8, 4) is 5.75 Å². The molecular weight excluding hydrogens is 510 g/mol. The van der Waals surface area contributed by atoms with Crippen LogP contribution in [-0.4, -0.2) is 37.9 Å². The van der Waals surface area contributed by atoms with Gasteiger partial charge in [0.25, 0.3) is 0 Å². The fourth-order valence-corrected chi connectivity index (χ4v) is 4.87. The van der Waals surface area contributed by atoms with Gasteiger partial charge < -0.3 is 14.6 Å². The molecular formula is C24H25BrF2N4O3. The van der Waals surface area contributed by atoms with Crippen LogP contribution >= 0.6 is 15.9 Å². The van der Waals surface area contributed by atoms with Gasteiger partial charge in [-0.15, -0.1) is 0 Å².